The molecule has 0 radical (unpaired) electrons. The summed E-state index contributed by atoms with van der Waals surface area (Å²) >= 11 is 0. The minimum atomic E-state index is 0.564. The van der Waals surface area contributed by atoms with E-state index >= 15 is 0 Å². The molecule has 0 aliphatic carbocycles. The second-order valence-corrected chi connectivity index (χ2v) is 4.49. The van der Waals surface area contributed by atoms with Crippen molar-refractivity contribution in [2.24, 2.45) is 0 Å². The zero-order chi connectivity index (χ0) is 13.6. The van der Waals surface area contributed by atoms with E-state index in [1.807, 2.05) is 48.5 Å². The highest BCUT2D eigenvalue weighted by atomic mass is 15.3. The summed E-state index contributed by atoms with van der Waals surface area (Å²) in [5.74, 6) is 1.24. The first-order chi connectivity index (χ1) is 9.92. The molecule has 0 aliphatic heterocycles. The van der Waals surface area contributed by atoms with Crippen LogP contribution >= 0.6 is 0 Å². The van der Waals surface area contributed by atoms with Crippen molar-refractivity contribution in [3.63, 3.8) is 0 Å². The Labute approximate surface area is 117 Å². The van der Waals surface area contributed by atoms with Gasteiger partial charge in [-0.25, -0.2) is 0 Å². The lowest BCUT2D eigenvalue weighted by molar-refractivity contribution is 0.747. The van der Waals surface area contributed by atoms with Gasteiger partial charge in [0, 0.05) is 12.0 Å². The summed E-state index contributed by atoms with van der Waals surface area (Å²) in [6, 6.07) is 20.0. The fourth-order valence-electron chi connectivity index (χ4n) is 1.95. The molecule has 0 spiro atoms. The first-order valence-corrected chi connectivity index (χ1v) is 6.57. The van der Waals surface area contributed by atoms with Crippen molar-refractivity contribution >= 4 is 0 Å². The summed E-state index contributed by atoms with van der Waals surface area (Å²) in [5, 5.41) is 16.6. The second-order valence-electron chi connectivity index (χ2n) is 4.49. The van der Waals surface area contributed by atoms with Crippen molar-refractivity contribution in [2.75, 3.05) is 0 Å². The summed E-state index contributed by atoms with van der Waals surface area (Å²) in [6.45, 7) is 0. The highest BCUT2D eigenvalue weighted by Crippen LogP contribution is 2.11. The van der Waals surface area contributed by atoms with E-state index in [1.165, 1.54) is 5.56 Å². The van der Waals surface area contributed by atoms with Gasteiger partial charge in [-0.05, 0) is 12.0 Å². The molecule has 0 aliphatic rings. The minimum absolute atomic E-state index is 0.564. The van der Waals surface area contributed by atoms with Crippen LogP contribution in [0.5, 0.6) is 0 Å². The molecule has 0 bridgehead atoms. The van der Waals surface area contributed by atoms with E-state index in [4.69, 9.17) is 0 Å². The first-order valence-electron chi connectivity index (χ1n) is 6.57. The topological polar surface area (TPSA) is 51.6 Å². The number of rotatable bonds is 4. The van der Waals surface area contributed by atoms with Crippen molar-refractivity contribution in [1.82, 2.24) is 20.4 Å². The molecule has 0 N–H and O–H groups in total. The molecule has 0 amide bonds. The highest BCUT2D eigenvalue weighted by molar-refractivity contribution is 5.52. The second kappa shape index (κ2) is 6.02. The molecule has 3 rings (SSSR count). The van der Waals surface area contributed by atoms with Crippen LogP contribution in [-0.2, 0) is 12.8 Å². The zero-order valence-corrected chi connectivity index (χ0v) is 11.0. The number of nitrogens with zero attached hydrogens (tertiary/aromatic N) is 4. The van der Waals surface area contributed by atoms with Gasteiger partial charge < -0.3 is 0 Å². The summed E-state index contributed by atoms with van der Waals surface area (Å²) in [6.07, 6.45) is 1.65. The third kappa shape index (κ3) is 3.03. The Kier molecular flexibility index (Phi) is 3.73. The van der Waals surface area contributed by atoms with Crippen LogP contribution in [0, 0.1) is 0 Å². The lowest BCUT2D eigenvalue weighted by Crippen LogP contribution is -2.04. The van der Waals surface area contributed by atoms with Crippen molar-refractivity contribution in [3.8, 4) is 11.4 Å². The predicted octanol–water partition coefficient (Wildman–Crippen LogP) is 2.72. The van der Waals surface area contributed by atoms with E-state index in [-0.39, 0.29) is 0 Å². The van der Waals surface area contributed by atoms with E-state index in [1.54, 1.807) is 0 Å². The fraction of sp³-hybridized carbons (Fsp3) is 0.125. The molecule has 4 heteroatoms. The van der Waals surface area contributed by atoms with Crippen LogP contribution in [-0.4, -0.2) is 20.4 Å². The maximum absolute atomic E-state index is 4.15. The van der Waals surface area contributed by atoms with Crippen LogP contribution in [0.1, 0.15) is 11.4 Å². The summed E-state index contributed by atoms with van der Waals surface area (Å²) < 4.78 is 0. The van der Waals surface area contributed by atoms with Gasteiger partial charge in [0.2, 0.25) is 5.82 Å². The smallest absolute Gasteiger partial charge is 0.131 e. The van der Waals surface area contributed by atoms with Gasteiger partial charge in [-0.2, -0.15) is 0 Å². The van der Waals surface area contributed by atoms with Crippen LogP contribution < -0.4 is 0 Å². The Hall–Kier alpha value is -2.62. The van der Waals surface area contributed by atoms with Crippen LogP contribution in [0.4, 0.5) is 0 Å². The number of aromatic nitrogens is 4. The standard InChI is InChI=1S/C16H14N4/c1-3-7-13(8-4-1)11-12-15-17-19-16(20-18-15)14-9-5-2-6-10-14/h1-10H,11-12H2. The molecule has 1 aromatic heterocycles. The molecule has 0 saturated heterocycles. The zero-order valence-electron chi connectivity index (χ0n) is 11.0. The van der Waals surface area contributed by atoms with Gasteiger partial charge in [0.15, 0.2) is 5.82 Å². The maximum Gasteiger partial charge on any atom is 0.203 e. The molecule has 0 fully saturated rings. The molecule has 20 heavy (non-hydrogen) atoms. The quantitative estimate of drug-likeness (QED) is 0.725. The number of aryl methyl sites for hydroxylation is 2. The normalized spacial score (nSPS) is 10.4. The van der Waals surface area contributed by atoms with E-state index in [2.05, 4.69) is 32.5 Å². The van der Waals surface area contributed by atoms with Crippen molar-refractivity contribution < 1.29 is 0 Å². The molecular formula is C16H14N4. The number of benzene rings is 2. The molecule has 0 unspecified atom stereocenters. The molecule has 2 aromatic carbocycles. The summed E-state index contributed by atoms with van der Waals surface area (Å²) in [4.78, 5) is 0. The van der Waals surface area contributed by atoms with Crippen molar-refractivity contribution in [1.29, 1.82) is 0 Å². The Morgan fingerprint density at radius 1 is 0.600 bits per heavy atom. The number of hydrogen-bond acceptors (Lipinski definition) is 4. The Balaban J connectivity index is 1.68. The van der Waals surface area contributed by atoms with Gasteiger partial charge >= 0.3 is 0 Å². The predicted molar refractivity (Wildman–Crippen MR) is 76.9 cm³/mol. The van der Waals surface area contributed by atoms with Gasteiger partial charge in [0.05, 0.1) is 0 Å². The molecule has 0 saturated carbocycles. The molecule has 4 nitrogen and oxygen atoms in total. The molecule has 98 valence electrons. The summed E-state index contributed by atoms with van der Waals surface area (Å²) in [5.41, 5.74) is 2.20. The lowest BCUT2D eigenvalue weighted by atomic mass is 10.1. The Morgan fingerprint density at radius 3 is 1.85 bits per heavy atom. The maximum atomic E-state index is 4.15. The van der Waals surface area contributed by atoms with E-state index < -0.39 is 0 Å². The van der Waals surface area contributed by atoms with E-state index in [0.717, 1.165) is 18.4 Å². The van der Waals surface area contributed by atoms with Crippen LogP contribution in [0.15, 0.2) is 60.7 Å². The third-order valence-electron chi connectivity index (χ3n) is 3.03. The third-order valence-corrected chi connectivity index (χ3v) is 3.03. The van der Waals surface area contributed by atoms with Gasteiger partial charge in [0.1, 0.15) is 0 Å². The van der Waals surface area contributed by atoms with Crippen LogP contribution in [0.25, 0.3) is 11.4 Å². The van der Waals surface area contributed by atoms with Crippen molar-refractivity contribution in [2.45, 2.75) is 12.8 Å². The minimum Gasteiger partial charge on any atom is -0.131 e. The Bertz CT molecular complexity index is 651. The lowest BCUT2D eigenvalue weighted by Gasteiger charge is -2.01. The summed E-state index contributed by atoms with van der Waals surface area (Å²) in [7, 11) is 0. The fourth-order valence-corrected chi connectivity index (χ4v) is 1.95. The molecule has 0 atom stereocenters. The highest BCUT2D eigenvalue weighted by Gasteiger charge is 2.04. The monoisotopic (exact) mass is 262 g/mol. The average molecular weight is 262 g/mol. The Morgan fingerprint density at radius 2 is 1.20 bits per heavy atom. The average Bonchev–Trinajstić information content (AvgIpc) is 2.55. The number of hydrogen-bond donors (Lipinski definition) is 0. The molecule has 1 heterocycles. The van der Waals surface area contributed by atoms with Gasteiger partial charge in [-0.3, -0.25) is 0 Å². The van der Waals surface area contributed by atoms with E-state index in [0.29, 0.717) is 11.6 Å². The van der Waals surface area contributed by atoms with Gasteiger partial charge in [0.25, 0.3) is 0 Å². The largest absolute Gasteiger partial charge is 0.203 e. The molecule has 3 aromatic rings. The van der Waals surface area contributed by atoms with Crippen LogP contribution in [0.3, 0.4) is 0 Å². The van der Waals surface area contributed by atoms with E-state index in [9.17, 15) is 0 Å². The van der Waals surface area contributed by atoms with Crippen LogP contribution in [0.2, 0.25) is 0 Å². The first kappa shape index (κ1) is 12.4. The van der Waals surface area contributed by atoms with Gasteiger partial charge in [-0.1, -0.05) is 60.7 Å². The van der Waals surface area contributed by atoms with Crippen molar-refractivity contribution in [3.05, 3.63) is 72.1 Å². The van der Waals surface area contributed by atoms with Gasteiger partial charge in [-0.15, -0.1) is 20.4 Å². The molecular weight excluding hydrogens is 248 g/mol. The SMILES string of the molecule is c1ccc(CCc2nnc(-c3ccccc3)nn2)cc1.